The van der Waals surface area contributed by atoms with Crippen LogP contribution in [0.5, 0.6) is 0 Å². The summed E-state index contributed by atoms with van der Waals surface area (Å²) >= 11 is 0. The molecule has 1 aliphatic rings. The van der Waals surface area contributed by atoms with Crippen LogP contribution in [0.15, 0.2) is 48.5 Å². The van der Waals surface area contributed by atoms with Crippen molar-refractivity contribution in [2.45, 2.75) is 31.5 Å². The maximum atomic E-state index is 13.3. The van der Waals surface area contributed by atoms with Crippen LogP contribution in [-0.2, 0) is 19.0 Å². The van der Waals surface area contributed by atoms with Gasteiger partial charge in [0.05, 0.1) is 5.56 Å². The maximum absolute atomic E-state index is 13.3. The van der Waals surface area contributed by atoms with Gasteiger partial charge in [-0.05, 0) is 48.4 Å². The highest BCUT2D eigenvalue weighted by atomic mass is 19.4. The van der Waals surface area contributed by atoms with E-state index in [0.717, 1.165) is 25.3 Å². The highest BCUT2D eigenvalue weighted by Crippen LogP contribution is 2.37. The van der Waals surface area contributed by atoms with Crippen molar-refractivity contribution in [3.05, 3.63) is 65.2 Å². The first-order chi connectivity index (χ1) is 11.9. The van der Waals surface area contributed by atoms with Crippen molar-refractivity contribution < 1.29 is 13.2 Å². The molecule has 0 fully saturated rings. The number of alkyl halides is 3. The van der Waals surface area contributed by atoms with E-state index in [4.69, 9.17) is 5.73 Å². The van der Waals surface area contributed by atoms with Crippen molar-refractivity contribution >= 4 is 5.69 Å². The number of fused-ring (bicyclic) bond motifs is 1. The molecule has 1 aliphatic carbocycles. The minimum atomic E-state index is -4.37. The lowest BCUT2D eigenvalue weighted by Gasteiger charge is -2.33. The van der Waals surface area contributed by atoms with Crippen molar-refractivity contribution in [1.82, 2.24) is 0 Å². The lowest BCUT2D eigenvalue weighted by molar-refractivity contribution is -0.137. The zero-order valence-corrected chi connectivity index (χ0v) is 14.3. The molecule has 0 aromatic heterocycles. The highest BCUT2D eigenvalue weighted by Gasteiger charge is 2.35. The summed E-state index contributed by atoms with van der Waals surface area (Å²) in [6.07, 6.45) is -1.63. The average Bonchev–Trinajstić information content (AvgIpc) is 3.01. The third kappa shape index (κ3) is 3.82. The lowest BCUT2D eigenvalue weighted by Crippen LogP contribution is -2.40. The van der Waals surface area contributed by atoms with Gasteiger partial charge < -0.3 is 10.6 Å². The Kier molecular flexibility index (Phi) is 5.04. The summed E-state index contributed by atoms with van der Waals surface area (Å²) in [5.41, 5.74) is 8.22. The van der Waals surface area contributed by atoms with Gasteiger partial charge >= 0.3 is 6.18 Å². The van der Waals surface area contributed by atoms with Crippen LogP contribution in [0.2, 0.25) is 0 Å². The van der Waals surface area contributed by atoms with Gasteiger partial charge in [-0.3, -0.25) is 0 Å². The van der Waals surface area contributed by atoms with Crippen LogP contribution in [0.25, 0.3) is 0 Å². The van der Waals surface area contributed by atoms with Gasteiger partial charge in [-0.25, -0.2) is 0 Å². The molecule has 0 saturated carbocycles. The van der Waals surface area contributed by atoms with Crippen molar-refractivity contribution in [1.29, 1.82) is 0 Å². The van der Waals surface area contributed by atoms with Crippen LogP contribution in [-0.4, -0.2) is 19.6 Å². The molecule has 0 spiro atoms. The predicted octanol–water partition coefficient (Wildman–Crippen LogP) is 4.27. The Labute approximate surface area is 146 Å². The number of likely N-dealkylation sites (N-methyl/N-ethyl adjacent to an activating group) is 1. The quantitative estimate of drug-likeness (QED) is 0.874. The monoisotopic (exact) mass is 348 g/mol. The predicted molar refractivity (Wildman–Crippen MR) is 94.6 cm³/mol. The van der Waals surface area contributed by atoms with E-state index in [-0.39, 0.29) is 11.7 Å². The average molecular weight is 348 g/mol. The van der Waals surface area contributed by atoms with Gasteiger partial charge in [0.15, 0.2) is 0 Å². The van der Waals surface area contributed by atoms with Gasteiger partial charge in [0.2, 0.25) is 0 Å². The van der Waals surface area contributed by atoms with E-state index < -0.39 is 11.7 Å². The van der Waals surface area contributed by atoms with Crippen LogP contribution in [0.1, 0.15) is 23.1 Å². The molecule has 2 nitrogen and oxygen atoms in total. The van der Waals surface area contributed by atoms with Gasteiger partial charge in [0, 0.05) is 25.3 Å². The van der Waals surface area contributed by atoms with E-state index in [2.05, 4.69) is 12.1 Å². The first kappa shape index (κ1) is 17.8. The van der Waals surface area contributed by atoms with E-state index in [9.17, 15) is 13.2 Å². The van der Waals surface area contributed by atoms with Gasteiger partial charge in [-0.2, -0.15) is 13.2 Å². The van der Waals surface area contributed by atoms with Crippen molar-refractivity contribution in [2.24, 2.45) is 11.7 Å². The molecule has 1 atom stereocenters. The van der Waals surface area contributed by atoms with E-state index in [1.54, 1.807) is 18.0 Å². The molecule has 0 amide bonds. The largest absolute Gasteiger partial charge is 0.418 e. The molecule has 0 aliphatic heterocycles. The first-order valence-corrected chi connectivity index (χ1v) is 8.56. The molecule has 25 heavy (non-hydrogen) atoms. The first-order valence-electron chi connectivity index (χ1n) is 8.56. The van der Waals surface area contributed by atoms with E-state index in [1.807, 2.05) is 12.1 Å². The molecule has 1 unspecified atom stereocenters. The Balaban J connectivity index is 1.76. The summed E-state index contributed by atoms with van der Waals surface area (Å²) in [6.45, 7) is 0.329. The fourth-order valence-electron chi connectivity index (χ4n) is 3.83. The number of nitrogens with zero attached hydrogens (tertiary/aromatic N) is 1. The van der Waals surface area contributed by atoms with Crippen LogP contribution >= 0.6 is 0 Å². The van der Waals surface area contributed by atoms with Crippen LogP contribution in [0.4, 0.5) is 18.9 Å². The SMILES string of the molecule is CN(c1ccccc1C(F)(F)F)C(CN)CC1Cc2ccccc2C1. The molecular weight excluding hydrogens is 325 g/mol. The highest BCUT2D eigenvalue weighted by molar-refractivity contribution is 5.55. The Morgan fingerprint density at radius 2 is 1.60 bits per heavy atom. The third-order valence-electron chi connectivity index (χ3n) is 5.15. The summed E-state index contributed by atoms with van der Waals surface area (Å²) in [7, 11) is 1.71. The molecule has 0 bridgehead atoms. The lowest BCUT2D eigenvalue weighted by atomic mass is 9.95. The summed E-state index contributed by atoms with van der Waals surface area (Å²) < 4.78 is 39.9. The second kappa shape index (κ2) is 7.08. The number of hydrogen-bond donors (Lipinski definition) is 1. The second-order valence-corrected chi connectivity index (χ2v) is 6.79. The molecule has 134 valence electrons. The molecular formula is C20H23F3N2. The molecule has 0 saturated heterocycles. The standard InChI is InChI=1S/C20H23F3N2/c1-25(19-9-5-4-8-18(19)20(21,22)23)17(13-24)12-14-10-15-6-2-3-7-16(15)11-14/h2-9,14,17H,10-13,24H2,1H3. The number of anilines is 1. The van der Waals surface area contributed by atoms with E-state index in [0.29, 0.717) is 12.5 Å². The van der Waals surface area contributed by atoms with Crippen molar-refractivity contribution in [3.63, 3.8) is 0 Å². The fraction of sp³-hybridized carbons (Fsp3) is 0.400. The topological polar surface area (TPSA) is 29.3 Å². The van der Waals surface area contributed by atoms with Crippen LogP contribution in [0, 0.1) is 5.92 Å². The minimum absolute atomic E-state index is 0.122. The Morgan fingerprint density at radius 1 is 1.04 bits per heavy atom. The third-order valence-corrected chi connectivity index (χ3v) is 5.15. The molecule has 5 heteroatoms. The smallest absolute Gasteiger partial charge is 0.370 e. The summed E-state index contributed by atoms with van der Waals surface area (Å²) in [4.78, 5) is 1.70. The summed E-state index contributed by atoms with van der Waals surface area (Å²) in [6, 6.07) is 13.9. The number of nitrogens with two attached hydrogens (primary N) is 1. The van der Waals surface area contributed by atoms with Crippen LogP contribution < -0.4 is 10.6 Å². The molecule has 2 aromatic carbocycles. The van der Waals surface area contributed by atoms with E-state index >= 15 is 0 Å². The molecule has 2 N–H and O–H groups in total. The molecule has 3 rings (SSSR count). The Morgan fingerprint density at radius 3 is 2.16 bits per heavy atom. The minimum Gasteiger partial charge on any atom is -0.370 e. The molecule has 0 heterocycles. The number of halogens is 3. The van der Waals surface area contributed by atoms with E-state index in [1.165, 1.54) is 23.3 Å². The number of hydrogen-bond acceptors (Lipinski definition) is 2. The van der Waals surface area contributed by atoms with Crippen molar-refractivity contribution in [2.75, 3.05) is 18.5 Å². The summed E-state index contributed by atoms with van der Waals surface area (Å²) in [5.74, 6) is 0.423. The van der Waals surface area contributed by atoms with Gasteiger partial charge in [0.1, 0.15) is 0 Å². The van der Waals surface area contributed by atoms with Gasteiger partial charge in [0.25, 0.3) is 0 Å². The number of para-hydroxylation sites is 1. The summed E-state index contributed by atoms with van der Waals surface area (Å²) in [5, 5.41) is 0. The normalized spacial score (nSPS) is 15.9. The second-order valence-electron chi connectivity index (χ2n) is 6.79. The maximum Gasteiger partial charge on any atom is 0.418 e. The fourth-order valence-corrected chi connectivity index (χ4v) is 3.83. The number of rotatable bonds is 5. The Hall–Kier alpha value is -2.01. The Bertz CT molecular complexity index is 702. The number of benzene rings is 2. The van der Waals surface area contributed by atoms with Gasteiger partial charge in [-0.1, -0.05) is 36.4 Å². The zero-order chi connectivity index (χ0) is 18.0. The van der Waals surface area contributed by atoms with Crippen LogP contribution in [0.3, 0.4) is 0 Å². The molecule has 0 radical (unpaired) electrons. The van der Waals surface area contributed by atoms with Crippen molar-refractivity contribution in [3.8, 4) is 0 Å². The van der Waals surface area contributed by atoms with Gasteiger partial charge in [-0.15, -0.1) is 0 Å². The zero-order valence-electron chi connectivity index (χ0n) is 14.3. The molecule has 2 aromatic rings.